The molecule has 144 valence electrons. The standard InChI is InChI=1S/C21H22N4O2S/c1-13(2)20-24-15-9-8-14(12-18(15)28-20)23-19(26)17-7-5-11-25(17)21(27)16-6-3-4-10-22-16/h3-4,6,8-10,12-13,17H,5,7,11H2,1-2H3,(H,23,26)/t17-/m0/s1. The van der Waals surface area contributed by atoms with E-state index in [1.807, 2.05) is 18.2 Å². The summed E-state index contributed by atoms with van der Waals surface area (Å²) in [4.78, 5) is 36.0. The number of hydrogen-bond acceptors (Lipinski definition) is 5. The van der Waals surface area contributed by atoms with Gasteiger partial charge in [0.05, 0.1) is 15.2 Å². The van der Waals surface area contributed by atoms with Crippen molar-refractivity contribution in [3.8, 4) is 0 Å². The molecule has 6 nitrogen and oxygen atoms in total. The molecule has 1 aliphatic heterocycles. The number of nitrogens with zero attached hydrogens (tertiary/aromatic N) is 3. The van der Waals surface area contributed by atoms with E-state index in [2.05, 4.69) is 29.1 Å². The predicted molar refractivity (Wildman–Crippen MR) is 111 cm³/mol. The Labute approximate surface area is 167 Å². The van der Waals surface area contributed by atoms with Crippen molar-refractivity contribution in [1.29, 1.82) is 0 Å². The first kappa shape index (κ1) is 18.6. The van der Waals surface area contributed by atoms with Crippen LogP contribution in [-0.2, 0) is 4.79 Å². The number of amides is 2. The molecule has 1 fully saturated rings. The molecule has 0 unspecified atom stereocenters. The van der Waals surface area contributed by atoms with Gasteiger partial charge >= 0.3 is 0 Å². The Morgan fingerprint density at radius 3 is 2.86 bits per heavy atom. The first-order valence-corrected chi connectivity index (χ1v) is 10.3. The zero-order valence-corrected chi connectivity index (χ0v) is 16.7. The minimum absolute atomic E-state index is 0.158. The van der Waals surface area contributed by atoms with Gasteiger partial charge in [0.15, 0.2) is 0 Å². The maximum Gasteiger partial charge on any atom is 0.273 e. The van der Waals surface area contributed by atoms with E-state index in [4.69, 9.17) is 0 Å². The van der Waals surface area contributed by atoms with Crippen LogP contribution in [0.2, 0.25) is 0 Å². The minimum Gasteiger partial charge on any atom is -0.325 e. The quantitative estimate of drug-likeness (QED) is 0.724. The molecular weight excluding hydrogens is 372 g/mol. The molecule has 28 heavy (non-hydrogen) atoms. The second-order valence-electron chi connectivity index (χ2n) is 7.25. The second kappa shape index (κ2) is 7.67. The van der Waals surface area contributed by atoms with E-state index in [0.717, 1.165) is 27.3 Å². The molecule has 1 atom stereocenters. The number of aromatic nitrogens is 2. The highest BCUT2D eigenvalue weighted by molar-refractivity contribution is 7.18. The molecule has 0 aliphatic carbocycles. The first-order chi connectivity index (χ1) is 13.5. The number of benzene rings is 1. The zero-order chi connectivity index (χ0) is 19.7. The molecular formula is C21H22N4O2S. The van der Waals surface area contributed by atoms with Gasteiger partial charge in [0.1, 0.15) is 11.7 Å². The summed E-state index contributed by atoms with van der Waals surface area (Å²) in [7, 11) is 0. The molecule has 0 bridgehead atoms. The van der Waals surface area contributed by atoms with Gasteiger partial charge < -0.3 is 10.2 Å². The van der Waals surface area contributed by atoms with Crippen LogP contribution in [0.5, 0.6) is 0 Å². The fourth-order valence-corrected chi connectivity index (χ4v) is 4.42. The number of nitrogens with one attached hydrogen (secondary N) is 1. The summed E-state index contributed by atoms with van der Waals surface area (Å²) in [6.45, 7) is 4.81. The molecule has 1 saturated heterocycles. The summed E-state index contributed by atoms with van der Waals surface area (Å²) in [6, 6.07) is 10.5. The summed E-state index contributed by atoms with van der Waals surface area (Å²) in [6.07, 6.45) is 3.06. The molecule has 7 heteroatoms. The number of rotatable bonds is 4. The predicted octanol–water partition coefficient (Wildman–Crippen LogP) is 4.06. The van der Waals surface area contributed by atoms with E-state index in [1.54, 1.807) is 40.6 Å². The van der Waals surface area contributed by atoms with Crippen LogP contribution in [0.15, 0.2) is 42.6 Å². The molecule has 1 aliphatic rings. The number of carbonyl (C=O) groups excluding carboxylic acids is 2. The number of thiazole rings is 1. The first-order valence-electron chi connectivity index (χ1n) is 9.46. The fourth-order valence-electron chi connectivity index (χ4n) is 3.41. The molecule has 0 radical (unpaired) electrons. The maximum absolute atomic E-state index is 12.9. The number of anilines is 1. The lowest BCUT2D eigenvalue weighted by molar-refractivity contribution is -0.119. The highest BCUT2D eigenvalue weighted by Crippen LogP contribution is 2.30. The van der Waals surface area contributed by atoms with Crippen LogP contribution in [0.4, 0.5) is 5.69 Å². The summed E-state index contributed by atoms with van der Waals surface area (Å²) < 4.78 is 1.05. The molecule has 1 N–H and O–H groups in total. The highest BCUT2D eigenvalue weighted by atomic mass is 32.1. The maximum atomic E-state index is 12.9. The van der Waals surface area contributed by atoms with Gasteiger partial charge in [-0.25, -0.2) is 4.98 Å². The van der Waals surface area contributed by atoms with Gasteiger partial charge in [-0.2, -0.15) is 0 Å². The van der Waals surface area contributed by atoms with Crippen LogP contribution in [0.1, 0.15) is 48.1 Å². The summed E-state index contributed by atoms with van der Waals surface area (Å²) >= 11 is 1.65. The number of fused-ring (bicyclic) bond motifs is 1. The third kappa shape index (κ3) is 3.62. The van der Waals surface area contributed by atoms with Crippen LogP contribution in [0.3, 0.4) is 0 Å². The average molecular weight is 395 g/mol. The van der Waals surface area contributed by atoms with Crippen LogP contribution >= 0.6 is 11.3 Å². The van der Waals surface area contributed by atoms with E-state index in [9.17, 15) is 9.59 Å². The Hall–Kier alpha value is -2.80. The zero-order valence-electron chi connectivity index (χ0n) is 15.9. The van der Waals surface area contributed by atoms with Crippen molar-refractivity contribution in [1.82, 2.24) is 14.9 Å². The van der Waals surface area contributed by atoms with Gasteiger partial charge in [-0.3, -0.25) is 14.6 Å². The lowest BCUT2D eigenvalue weighted by Crippen LogP contribution is -2.43. The number of carbonyl (C=O) groups is 2. The summed E-state index contributed by atoms with van der Waals surface area (Å²) in [5.74, 6) is 0.0209. The lowest BCUT2D eigenvalue weighted by Gasteiger charge is -2.23. The normalized spacial score (nSPS) is 16.7. The summed E-state index contributed by atoms with van der Waals surface area (Å²) in [5.41, 5.74) is 2.04. The van der Waals surface area contributed by atoms with Crippen LogP contribution < -0.4 is 5.32 Å². The van der Waals surface area contributed by atoms with Gasteiger partial charge in [0, 0.05) is 24.3 Å². The van der Waals surface area contributed by atoms with Crippen LogP contribution in [0.25, 0.3) is 10.2 Å². The molecule has 3 heterocycles. The van der Waals surface area contributed by atoms with E-state index < -0.39 is 6.04 Å². The Morgan fingerprint density at radius 1 is 1.25 bits per heavy atom. The molecule has 3 aromatic rings. The number of hydrogen-bond donors (Lipinski definition) is 1. The molecule has 1 aromatic carbocycles. The van der Waals surface area contributed by atoms with Crippen molar-refractivity contribution >= 4 is 39.1 Å². The molecule has 2 amide bonds. The smallest absolute Gasteiger partial charge is 0.273 e. The Balaban J connectivity index is 1.51. The highest BCUT2D eigenvalue weighted by Gasteiger charge is 2.35. The third-order valence-electron chi connectivity index (χ3n) is 4.87. The fraction of sp³-hybridized carbons (Fsp3) is 0.333. The largest absolute Gasteiger partial charge is 0.325 e. The number of pyridine rings is 1. The van der Waals surface area contributed by atoms with Crippen LogP contribution in [0, 0.1) is 0 Å². The van der Waals surface area contributed by atoms with E-state index in [-0.39, 0.29) is 11.8 Å². The van der Waals surface area contributed by atoms with Crippen molar-refractivity contribution in [2.75, 3.05) is 11.9 Å². The van der Waals surface area contributed by atoms with Gasteiger partial charge in [0.2, 0.25) is 5.91 Å². The molecule has 2 aromatic heterocycles. The van der Waals surface area contributed by atoms with Crippen molar-refractivity contribution < 1.29 is 9.59 Å². The van der Waals surface area contributed by atoms with Crippen molar-refractivity contribution in [3.63, 3.8) is 0 Å². The average Bonchev–Trinajstić information content (AvgIpc) is 3.35. The lowest BCUT2D eigenvalue weighted by atomic mass is 10.2. The molecule has 0 spiro atoms. The Morgan fingerprint density at radius 2 is 2.11 bits per heavy atom. The van der Waals surface area contributed by atoms with E-state index in [0.29, 0.717) is 24.6 Å². The van der Waals surface area contributed by atoms with Gasteiger partial charge in [-0.05, 0) is 43.2 Å². The van der Waals surface area contributed by atoms with Crippen LogP contribution in [-0.4, -0.2) is 39.3 Å². The van der Waals surface area contributed by atoms with Crippen molar-refractivity contribution in [2.24, 2.45) is 0 Å². The Bertz CT molecular complexity index is 1020. The second-order valence-corrected chi connectivity index (χ2v) is 8.31. The van der Waals surface area contributed by atoms with Gasteiger partial charge in [0.25, 0.3) is 5.91 Å². The van der Waals surface area contributed by atoms with Crippen molar-refractivity contribution in [2.45, 2.75) is 38.6 Å². The van der Waals surface area contributed by atoms with Gasteiger partial charge in [-0.1, -0.05) is 19.9 Å². The molecule has 4 rings (SSSR count). The van der Waals surface area contributed by atoms with Gasteiger partial charge in [-0.15, -0.1) is 11.3 Å². The molecule has 0 saturated carbocycles. The third-order valence-corrected chi connectivity index (χ3v) is 6.19. The Kier molecular flexibility index (Phi) is 5.09. The van der Waals surface area contributed by atoms with Crippen molar-refractivity contribution in [3.05, 3.63) is 53.3 Å². The summed E-state index contributed by atoms with van der Waals surface area (Å²) in [5, 5.41) is 4.06. The van der Waals surface area contributed by atoms with E-state index in [1.165, 1.54) is 0 Å². The minimum atomic E-state index is -0.474. The SMILES string of the molecule is CC(C)c1nc2ccc(NC(=O)[C@@H]3CCCN3C(=O)c3ccccn3)cc2s1. The number of likely N-dealkylation sites (tertiary alicyclic amines) is 1. The monoisotopic (exact) mass is 394 g/mol. The topological polar surface area (TPSA) is 75.2 Å². The van der Waals surface area contributed by atoms with E-state index >= 15 is 0 Å².